The molecule has 0 aromatic heterocycles. The van der Waals surface area contributed by atoms with Crippen LogP contribution < -0.4 is 0 Å². The van der Waals surface area contributed by atoms with Crippen LogP contribution >= 0.6 is 0 Å². The third kappa shape index (κ3) is 29.3. The minimum absolute atomic E-state index is 0.329. The SMILES string of the molecule is CC(C)CCCCCCCCCCCCC(=O)OC(=O)CCCCCCCCCCCCC(C)C. The second-order valence-electron chi connectivity index (χ2n) is 11.8. The number of carbonyl (C=O) groups excluding carboxylic acids is 2. The molecule has 3 heteroatoms. The lowest BCUT2D eigenvalue weighted by Gasteiger charge is -2.05. The molecule has 3 nitrogen and oxygen atoms in total. The maximum atomic E-state index is 11.8. The van der Waals surface area contributed by atoms with Gasteiger partial charge in [-0.1, -0.05) is 156 Å². The summed E-state index contributed by atoms with van der Waals surface area (Å²) in [7, 11) is 0. The van der Waals surface area contributed by atoms with Crippen molar-refractivity contribution in [1.82, 2.24) is 0 Å². The van der Waals surface area contributed by atoms with E-state index < -0.39 is 0 Å². The summed E-state index contributed by atoms with van der Waals surface area (Å²) < 4.78 is 4.99. The average Bonchev–Trinajstić information content (AvgIpc) is 2.80. The van der Waals surface area contributed by atoms with Gasteiger partial charge in [-0.15, -0.1) is 0 Å². The van der Waals surface area contributed by atoms with E-state index in [4.69, 9.17) is 4.74 Å². The topological polar surface area (TPSA) is 43.4 Å². The zero-order chi connectivity index (χ0) is 26.0. The molecular weight excluding hydrogens is 432 g/mol. The fourth-order valence-electron chi connectivity index (χ4n) is 4.70. The van der Waals surface area contributed by atoms with Gasteiger partial charge in [-0.2, -0.15) is 0 Å². The minimum atomic E-state index is -0.329. The first-order valence-electron chi connectivity index (χ1n) is 15.6. The third-order valence-corrected chi connectivity index (χ3v) is 7.05. The molecule has 0 saturated heterocycles. The van der Waals surface area contributed by atoms with Crippen molar-refractivity contribution in [2.45, 2.75) is 182 Å². The predicted molar refractivity (Wildman–Crippen MR) is 152 cm³/mol. The molecule has 0 aliphatic rings. The van der Waals surface area contributed by atoms with Gasteiger partial charge in [-0.05, 0) is 24.7 Å². The van der Waals surface area contributed by atoms with Crippen molar-refractivity contribution in [2.24, 2.45) is 11.8 Å². The van der Waals surface area contributed by atoms with Crippen LogP contribution in [0.2, 0.25) is 0 Å². The summed E-state index contributed by atoms with van der Waals surface area (Å²) in [6.07, 6.45) is 28.6. The van der Waals surface area contributed by atoms with Crippen LogP contribution in [0.1, 0.15) is 182 Å². The number of ether oxygens (including phenoxy) is 1. The summed E-state index contributed by atoms with van der Waals surface area (Å²) in [6.45, 7) is 9.22. The largest absolute Gasteiger partial charge is 0.393 e. The molecule has 0 spiro atoms. The maximum Gasteiger partial charge on any atom is 0.313 e. The molecule has 0 atom stereocenters. The first kappa shape index (κ1) is 34.1. The van der Waals surface area contributed by atoms with E-state index in [1.807, 2.05) is 0 Å². The summed E-state index contributed by atoms with van der Waals surface area (Å²) in [5.74, 6) is 1.03. The Hall–Kier alpha value is -0.860. The summed E-state index contributed by atoms with van der Waals surface area (Å²) in [5.41, 5.74) is 0. The highest BCUT2D eigenvalue weighted by Gasteiger charge is 2.10. The third-order valence-electron chi connectivity index (χ3n) is 7.05. The second kappa shape index (κ2) is 26.2. The number of esters is 2. The Morgan fingerprint density at radius 3 is 0.886 bits per heavy atom. The van der Waals surface area contributed by atoms with Crippen LogP contribution in [-0.4, -0.2) is 11.9 Å². The lowest BCUT2D eigenvalue weighted by Crippen LogP contribution is -2.11. The molecule has 0 radical (unpaired) electrons. The van der Waals surface area contributed by atoms with Gasteiger partial charge in [0.15, 0.2) is 0 Å². The van der Waals surface area contributed by atoms with E-state index in [1.54, 1.807) is 0 Å². The van der Waals surface area contributed by atoms with Gasteiger partial charge < -0.3 is 4.74 Å². The monoisotopic (exact) mass is 494 g/mol. The van der Waals surface area contributed by atoms with E-state index >= 15 is 0 Å². The van der Waals surface area contributed by atoms with E-state index in [0.29, 0.717) is 12.8 Å². The van der Waals surface area contributed by atoms with Crippen molar-refractivity contribution in [3.8, 4) is 0 Å². The van der Waals surface area contributed by atoms with Gasteiger partial charge in [0.25, 0.3) is 0 Å². The van der Waals surface area contributed by atoms with E-state index in [9.17, 15) is 9.59 Å². The Bertz CT molecular complexity index is 427. The molecule has 35 heavy (non-hydrogen) atoms. The molecule has 0 bridgehead atoms. The van der Waals surface area contributed by atoms with Crippen molar-refractivity contribution < 1.29 is 14.3 Å². The molecule has 0 rings (SSSR count). The molecule has 0 aliphatic carbocycles. The average molecular weight is 495 g/mol. The molecular formula is C32H62O3. The molecule has 208 valence electrons. The normalized spacial score (nSPS) is 11.5. The van der Waals surface area contributed by atoms with Crippen molar-refractivity contribution in [3.05, 3.63) is 0 Å². The smallest absolute Gasteiger partial charge is 0.313 e. The Morgan fingerprint density at radius 2 is 0.629 bits per heavy atom. The highest BCUT2D eigenvalue weighted by Crippen LogP contribution is 2.15. The molecule has 0 heterocycles. The van der Waals surface area contributed by atoms with Gasteiger partial charge in [0.2, 0.25) is 0 Å². The Kier molecular flexibility index (Phi) is 25.6. The van der Waals surface area contributed by atoms with Crippen molar-refractivity contribution >= 4 is 11.9 Å². The van der Waals surface area contributed by atoms with Gasteiger partial charge in [-0.3, -0.25) is 9.59 Å². The molecule has 0 N–H and O–H groups in total. The van der Waals surface area contributed by atoms with Gasteiger partial charge in [0.05, 0.1) is 0 Å². The molecule has 0 aromatic carbocycles. The number of rotatable bonds is 26. The van der Waals surface area contributed by atoms with Gasteiger partial charge in [0, 0.05) is 12.8 Å². The lowest BCUT2D eigenvalue weighted by atomic mass is 10.0. The summed E-state index contributed by atoms with van der Waals surface area (Å²) >= 11 is 0. The minimum Gasteiger partial charge on any atom is -0.393 e. The zero-order valence-electron chi connectivity index (χ0n) is 24.4. The van der Waals surface area contributed by atoms with E-state index in [1.165, 1.54) is 116 Å². The van der Waals surface area contributed by atoms with Crippen LogP contribution in [0, 0.1) is 11.8 Å². The van der Waals surface area contributed by atoms with Gasteiger partial charge in [-0.25, -0.2) is 0 Å². The Labute approximate surface area is 219 Å². The zero-order valence-corrected chi connectivity index (χ0v) is 24.4. The predicted octanol–water partition coefficient (Wildman–Crippen LogP) is 10.7. The molecule has 0 aliphatic heterocycles. The lowest BCUT2D eigenvalue weighted by molar-refractivity contribution is -0.159. The van der Waals surface area contributed by atoms with E-state index in [-0.39, 0.29) is 11.9 Å². The summed E-state index contributed by atoms with van der Waals surface area (Å²) in [4.78, 5) is 23.7. The number of unbranched alkanes of at least 4 members (excludes halogenated alkanes) is 18. The first-order chi connectivity index (χ1) is 16.9. The van der Waals surface area contributed by atoms with Gasteiger partial charge in [0.1, 0.15) is 0 Å². The molecule has 0 saturated carbocycles. The maximum absolute atomic E-state index is 11.8. The quantitative estimate of drug-likeness (QED) is 0.0682. The van der Waals surface area contributed by atoms with Crippen LogP contribution in [0.5, 0.6) is 0 Å². The summed E-state index contributed by atoms with van der Waals surface area (Å²) in [5, 5.41) is 0. The van der Waals surface area contributed by atoms with Gasteiger partial charge >= 0.3 is 11.9 Å². The van der Waals surface area contributed by atoms with E-state index in [0.717, 1.165) is 37.5 Å². The van der Waals surface area contributed by atoms with Crippen LogP contribution in [0.3, 0.4) is 0 Å². The fraction of sp³-hybridized carbons (Fsp3) is 0.938. The highest BCUT2D eigenvalue weighted by atomic mass is 16.6. The fourth-order valence-corrected chi connectivity index (χ4v) is 4.70. The molecule has 0 unspecified atom stereocenters. The van der Waals surface area contributed by atoms with E-state index in [2.05, 4.69) is 27.7 Å². The summed E-state index contributed by atoms with van der Waals surface area (Å²) in [6, 6.07) is 0. The Morgan fingerprint density at radius 1 is 0.400 bits per heavy atom. The van der Waals surface area contributed by atoms with Crippen LogP contribution in [0.25, 0.3) is 0 Å². The Balaban J connectivity index is 3.32. The van der Waals surface area contributed by atoms with Crippen LogP contribution in [0.4, 0.5) is 0 Å². The number of carbonyl (C=O) groups is 2. The standard InChI is InChI=1S/C32H62O3/c1-29(2)25-21-17-13-9-5-7-11-15-19-23-27-31(33)35-32(34)28-24-20-16-12-8-6-10-14-18-22-26-30(3)4/h29-30H,5-28H2,1-4H3. The van der Waals surface area contributed by atoms with Crippen molar-refractivity contribution in [2.75, 3.05) is 0 Å². The molecule has 0 amide bonds. The van der Waals surface area contributed by atoms with Crippen molar-refractivity contribution in [3.63, 3.8) is 0 Å². The molecule has 0 aromatic rings. The number of hydrogen-bond donors (Lipinski definition) is 0. The second-order valence-corrected chi connectivity index (χ2v) is 11.8. The first-order valence-corrected chi connectivity index (χ1v) is 15.6. The highest BCUT2D eigenvalue weighted by molar-refractivity contribution is 5.85. The van der Waals surface area contributed by atoms with Crippen molar-refractivity contribution in [1.29, 1.82) is 0 Å². The molecule has 0 fully saturated rings. The van der Waals surface area contributed by atoms with Crippen LogP contribution in [0.15, 0.2) is 0 Å². The van der Waals surface area contributed by atoms with Crippen LogP contribution in [-0.2, 0) is 14.3 Å². The number of hydrogen-bond acceptors (Lipinski definition) is 3.